The Bertz CT molecular complexity index is 553. The van der Waals surface area contributed by atoms with E-state index in [1.807, 2.05) is 4.90 Å². The molecule has 1 fully saturated rings. The monoisotopic (exact) mass is 313 g/mol. The average Bonchev–Trinajstić information content (AvgIpc) is 2.46. The minimum atomic E-state index is -0.544. The summed E-state index contributed by atoms with van der Waals surface area (Å²) in [5, 5.41) is 5.32. The van der Waals surface area contributed by atoms with Crippen LogP contribution in [0, 0.1) is 5.82 Å². The third-order valence-electron chi connectivity index (χ3n) is 3.47. The lowest BCUT2D eigenvalue weighted by Gasteiger charge is -2.34. The van der Waals surface area contributed by atoms with Crippen LogP contribution in [0.5, 0.6) is 0 Å². The summed E-state index contributed by atoms with van der Waals surface area (Å²) in [5.74, 6) is -0.873. The van der Waals surface area contributed by atoms with Gasteiger partial charge in [0.2, 0.25) is 11.8 Å². The fraction of sp³-hybridized carbons (Fsp3) is 0.429. The lowest BCUT2D eigenvalue weighted by Crippen LogP contribution is -2.55. The van der Waals surface area contributed by atoms with E-state index in [0.717, 1.165) is 0 Å². The number of nitrogens with zero attached hydrogens (tertiary/aromatic N) is 1. The highest BCUT2D eigenvalue weighted by Crippen LogP contribution is 2.19. The van der Waals surface area contributed by atoms with Crippen molar-refractivity contribution < 1.29 is 14.0 Å². The zero-order valence-electron chi connectivity index (χ0n) is 11.7. The Hall–Kier alpha value is -1.66. The summed E-state index contributed by atoms with van der Waals surface area (Å²) >= 11 is 5.66. The Morgan fingerprint density at radius 1 is 1.57 bits per heavy atom. The van der Waals surface area contributed by atoms with Gasteiger partial charge in [-0.15, -0.1) is 0 Å². The van der Waals surface area contributed by atoms with Crippen molar-refractivity contribution in [2.75, 3.05) is 20.1 Å². The Morgan fingerprint density at radius 3 is 3.00 bits per heavy atom. The number of benzene rings is 1. The van der Waals surface area contributed by atoms with Crippen LogP contribution in [0.3, 0.4) is 0 Å². The fourth-order valence-electron chi connectivity index (χ4n) is 2.32. The first-order valence-electron chi connectivity index (χ1n) is 6.67. The molecule has 2 rings (SSSR count). The van der Waals surface area contributed by atoms with Crippen LogP contribution in [0.1, 0.15) is 12.0 Å². The quantitative estimate of drug-likeness (QED) is 0.869. The number of nitrogens with one attached hydrogen (secondary N) is 2. The molecular weight excluding hydrogens is 297 g/mol. The molecule has 0 saturated carbocycles. The molecule has 21 heavy (non-hydrogen) atoms. The topological polar surface area (TPSA) is 61.4 Å². The van der Waals surface area contributed by atoms with E-state index in [2.05, 4.69) is 10.6 Å². The minimum absolute atomic E-state index is 0.0667. The van der Waals surface area contributed by atoms with Crippen molar-refractivity contribution >= 4 is 23.4 Å². The van der Waals surface area contributed by atoms with E-state index in [9.17, 15) is 14.0 Å². The van der Waals surface area contributed by atoms with Crippen LogP contribution in [0.15, 0.2) is 18.2 Å². The Kier molecular flexibility index (Phi) is 5.14. The zero-order chi connectivity index (χ0) is 15.4. The lowest BCUT2D eigenvalue weighted by atomic mass is 10.1. The summed E-state index contributed by atoms with van der Waals surface area (Å²) in [5.41, 5.74) is 0.716. The van der Waals surface area contributed by atoms with Gasteiger partial charge in [-0.3, -0.25) is 14.5 Å². The molecule has 0 bridgehead atoms. The molecule has 114 valence electrons. The maximum absolute atomic E-state index is 13.5. The SMILES string of the molecule is CNC(=O)C[C@H]1C(=O)NCCN1Cc1ccc(Cl)c(F)c1. The minimum Gasteiger partial charge on any atom is -0.359 e. The van der Waals surface area contributed by atoms with Gasteiger partial charge < -0.3 is 10.6 Å². The molecular formula is C14H17ClFN3O2. The summed E-state index contributed by atoms with van der Waals surface area (Å²) in [6.07, 6.45) is 0.0818. The van der Waals surface area contributed by atoms with E-state index in [1.54, 1.807) is 6.07 Å². The lowest BCUT2D eigenvalue weighted by molar-refractivity contribution is -0.134. The smallest absolute Gasteiger partial charge is 0.237 e. The van der Waals surface area contributed by atoms with E-state index in [0.29, 0.717) is 25.2 Å². The molecule has 0 spiro atoms. The third-order valence-corrected chi connectivity index (χ3v) is 3.78. The zero-order valence-corrected chi connectivity index (χ0v) is 12.4. The molecule has 1 aliphatic rings. The van der Waals surface area contributed by atoms with E-state index in [1.165, 1.54) is 19.2 Å². The molecule has 1 saturated heterocycles. The van der Waals surface area contributed by atoms with Crippen LogP contribution in [0.2, 0.25) is 5.02 Å². The van der Waals surface area contributed by atoms with Crippen molar-refractivity contribution in [2.45, 2.75) is 19.0 Å². The maximum atomic E-state index is 13.5. The molecule has 0 radical (unpaired) electrons. The first-order valence-corrected chi connectivity index (χ1v) is 7.05. The number of piperazine rings is 1. The highest BCUT2D eigenvalue weighted by atomic mass is 35.5. The largest absolute Gasteiger partial charge is 0.359 e. The molecule has 1 atom stereocenters. The van der Waals surface area contributed by atoms with Crippen molar-refractivity contribution in [3.8, 4) is 0 Å². The van der Waals surface area contributed by atoms with Gasteiger partial charge in [0.25, 0.3) is 0 Å². The van der Waals surface area contributed by atoms with Crippen LogP contribution in [-0.2, 0) is 16.1 Å². The summed E-state index contributed by atoms with van der Waals surface area (Å²) in [7, 11) is 1.53. The van der Waals surface area contributed by atoms with Crippen molar-refractivity contribution in [3.63, 3.8) is 0 Å². The summed E-state index contributed by atoms with van der Waals surface area (Å²) in [6.45, 7) is 1.51. The van der Waals surface area contributed by atoms with Gasteiger partial charge in [-0.2, -0.15) is 0 Å². The summed E-state index contributed by atoms with van der Waals surface area (Å²) in [4.78, 5) is 25.3. The van der Waals surface area contributed by atoms with E-state index in [4.69, 9.17) is 11.6 Å². The van der Waals surface area contributed by atoms with Crippen molar-refractivity contribution in [3.05, 3.63) is 34.6 Å². The Labute approximate surface area is 127 Å². The summed E-state index contributed by atoms with van der Waals surface area (Å²) in [6, 6.07) is 4.02. The summed E-state index contributed by atoms with van der Waals surface area (Å²) < 4.78 is 13.5. The van der Waals surface area contributed by atoms with Gasteiger partial charge in [0.1, 0.15) is 5.82 Å². The molecule has 2 amide bonds. The number of rotatable bonds is 4. The third kappa shape index (κ3) is 3.92. The van der Waals surface area contributed by atoms with Gasteiger partial charge in [0.05, 0.1) is 17.5 Å². The predicted molar refractivity (Wildman–Crippen MR) is 77.3 cm³/mol. The predicted octanol–water partition coefficient (Wildman–Crippen LogP) is 0.916. The van der Waals surface area contributed by atoms with Crippen LogP contribution < -0.4 is 10.6 Å². The van der Waals surface area contributed by atoms with Crippen molar-refractivity contribution in [1.29, 1.82) is 0 Å². The van der Waals surface area contributed by atoms with Crippen LogP contribution in [0.4, 0.5) is 4.39 Å². The Morgan fingerprint density at radius 2 is 2.33 bits per heavy atom. The number of hydrogen-bond donors (Lipinski definition) is 2. The number of halogens is 2. The van der Waals surface area contributed by atoms with Gasteiger partial charge in [-0.1, -0.05) is 17.7 Å². The molecule has 1 heterocycles. The Balaban J connectivity index is 2.12. The standard InChI is InChI=1S/C14H17ClFN3O2/c1-17-13(20)7-12-14(21)18-4-5-19(12)8-9-2-3-10(15)11(16)6-9/h2-3,6,12H,4-5,7-8H2,1H3,(H,17,20)(H,18,21)/t12-/m0/s1. The van der Waals surface area contributed by atoms with Crippen LogP contribution >= 0.6 is 11.6 Å². The second-order valence-electron chi connectivity index (χ2n) is 4.90. The molecule has 7 heteroatoms. The molecule has 1 aromatic carbocycles. The average molecular weight is 314 g/mol. The van der Waals surface area contributed by atoms with Crippen LogP contribution in [-0.4, -0.2) is 42.9 Å². The molecule has 5 nitrogen and oxygen atoms in total. The number of carbonyl (C=O) groups is 2. The van der Waals surface area contributed by atoms with Gasteiger partial charge in [-0.05, 0) is 17.7 Å². The van der Waals surface area contributed by atoms with E-state index < -0.39 is 11.9 Å². The first-order chi connectivity index (χ1) is 10.0. The highest BCUT2D eigenvalue weighted by molar-refractivity contribution is 6.30. The molecule has 1 aliphatic heterocycles. The second kappa shape index (κ2) is 6.87. The van der Waals surface area contributed by atoms with E-state index >= 15 is 0 Å². The van der Waals surface area contributed by atoms with Crippen molar-refractivity contribution in [1.82, 2.24) is 15.5 Å². The number of hydrogen-bond acceptors (Lipinski definition) is 3. The van der Waals surface area contributed by atoms with Gasteiger partial charge >= 0.3 is 0 Å². The van der Waals surface area contributed by atoms with Gasteiger partial charge in [-0.25, -0.2) is 4.39 Å². The van der Waals surface area contributed by atoms with Crippen molar-refractivity contribution in [2.24, 2.45) is 0 Å². The molecule has 0 aliphatic carbocycles. The normalized spacial score (nSPS) is 19.2. The van der Waals surface area contributed by atoms with Gasteiger partial charge in [0.15, 0.2) is 0 Å². The highest BCUT2D eigenvalue weighted by Gasteiger charge is 2.31. The fourth-order valence-corrected chi connectivity index (χ4v) is 2.44. The van der Waals surface area contributed by atoms with E-state index in [-0.39, 0.29) is 23.3 Å². The molecule has 0 aromatic heterocycles. The molecule has 1 aromatic rings. The maximum Gasteiger partial charge on any atom is 0.237 e. The number of amides is 2. The number of carbonyl (C=O) groups excluding carboxylic acids is 2. The van der Waals surface area contributed by atoms with Crippen LogP contribution in [0.25, 0.3) is 0 Å². The molecule has 2 N–H and O–H groups in total. The molecule has 0 unspecified atom stereocenters. The van der Waals surface area contributed by atoms with Gasteiger partial charge in [0, 0.05) is 26.7 Å². The first kappa shape index (κ1) is 15.7. The second-order valence-corrected chi connectivity index (χ2v) is 5.31.